The van der Waals surface area contributed by atoms with E-state index in [1.807, 2.05) is 25.1 Å². The number of hydrogen-bond acceptors (Lipinski definition) is 4. The normalized spacial score (nSPS) is 9.83. The predicted octanol–water partition coefficient (Wildman–Crippen LogP) is 2.65. The van der Waals surface area contributed by atoms with Gasteiger partial charge >= 0.3 is 0 Å². The third-order valence-electron chi connectivity index (χ3n) is 2.46. The van der Waals surface area contributed by atoms with Crippen molar-refractivity contribution in [3.63, 3.8) is 0 Å². The molecule has 0 aliphatic carbocycles. The van der Waals surface area contributed by atoms with Crippen LogP contribution in [0.4, 0.5) is 0 Å². The Labute approximate surface area is 108 Å². The molecule has 0 spiro atoms. The lowest BCUT2D eigenvalue weighted by atomic mass is 10.2. The van der Waals surface area contributed by atoms with Crippen molar-refractivity contribution >= 4 is 0 Å². The highest BCUT2D eigenvalue weighted by Gasteiger charge is 2.09. The molecule has 0 bridgehead atoms. The second-order valence-electron chi connectivity index (χ2n) is 3.80. The molecule has 1 aromatic carbocycles. The Kier molecular flexibility index (Phi) is 6.67. The van der Waals surface area contributed by atoms with Crippen molar-refractivity contribution in [2.24, 2.45) is 0 Å². The number of aliphatic hydroxyl groups is 1. The first-order chi connectivity index (χ1) is 8.83. The molecule has 0 atom stereocenters. The average Bonchev–Trinajstić information content (AvgIpc) is 2.40. The van der Waals surface area contributed by atoms with Crippen molar-refractivity contribution < 1.29 is 14.6 Å². The van der Waals surface area contributed by atoms with Crippen molar-refractivity contribution in [2.45, 2.75) is 32.8 Å². The van der Waals surface area contributed by atoms with Gasteiger partial charge in [-0.2, -0.15) is 5.26 Å². The Morgan fingerprint density at radius 1 is 1.28 bits per heavy atom. The van der Waals surface area contributed by atoms with Gasteiger partial charge in [0.15, 0.2) is 11.5 Å². The van der Waals surface area contributed by atoms with E-state index in [2.05, 4.69) is 6.07 Å². The summed E-state index contributed by atoms with van der Waals surface area (Å²) in [6.07, 6.45) is 2.18. The van der Waals surface area contributed by atoms with Crippen LogP contribution in [0.3, 0.4) is 0 Å². The van der Waals surface area contributed by atoms with Gasteiger partial charge in [0.1, 0.15) is 0 Å². The molecule has 0 fully saturated rings. The highest BCUT2D eigenvalue weighted by Crippen LogP contribution is 2.31. The molecule has 18 heavy (non-hydrogen) atoms. The lowest BCUT2D eigenvalue weighted by Gasteiger charge is -2.14. The van der Waals surface area contributed by atoms with Crippen molar-refractivity contribution in [3.05, 3.63) is 23.8 Å². The smallest absolute Gasteiger partial charge is 0.166 e. The third kappa shape index (κ3) is 4.27. The number of benzene rings is 1. The van der Waals surface area contributed by atoms with Crippen LogP contribution in [-0.2, 0) is 6.61 Å². The van der Waals surface area contributed by atoms with Crippen LogP contribution in [-0.4, -0.2) is 18.3 Å². The SMILES string of the molecule is CCOc1cccc(CO)c1OCCCCC#N. The summed E-state index contributed by atoms with van der Waals surface area (Å²) in [5, 5.41) is 17.7. The molecule has 0 unspecified atom stereocenters. The minimum absolute atomic E-state index is 0.0750. The molecule has 0 radical (unpaired) electrons. The molecule has 0 heterocycles. The first kappa shape index (κ1) is 14.3. The summed E-state index contributed by atoms with van der Waals surface area (Å²) in [5.41, 5.74) is 0.723. The third-order valence-corrected chi connectivity index (χ3v) is 2.46. The minimum atomic E-state index is -0.0750. The molecule has 4 nitrogen and oxygen atoms in total. The molecule has 0 aromatic heterocycles. The van der Waals surface area contributed by atoms with E-state index in [9.17, 15) is 5.11 Å². The van der Waals surface area contributed by atoms with Crippen molar-refractivity contribution in [1.82, 2.24) is 0 Å². The molecule has 1 rings (SSSR count). The average molecular weight is 249 g/mol. The van der Waals surface area contributed by atoms with Crippen LogP contribution in [0.25, 0.3) is 0 Å². The Morgan fingerprint density at radius 3 is 2.78 bits per heavy atom. The number of para-hydroxylation sites is 1. The molecule has 0 saturated carbocycles. The molecule has 1 N–H and O–H groups in total. The second-order valence-corrected chi connectivity index (χ2v) is 3.80. The van der Waals surface area contributed by atoms with E-state index in [0.29, 0.717) is 31.1 Å². The maximum atomic E-state index is 9.27. The van der Waals surface area contributed by atoms with E-state index >= 15 is 0 Å². The van der Waals surface area contributed by atoms with Gasteiger partial charge in [0.25, 0.3) is 0 Å². The molecule has 0 aliphatic rings. The van der Waals surface area contributed by atoms with E-state index in [1.165, 1.54) is 0 Å². The number of aliphatic hydroxyl groups excluding tert-OH is 1. The molecule has 4 heteroatoms. The topological polar surface area (TPSA) is 62.5 Å². The highest BCUT2D eigenvalue weighted by atomic mass is 16.5. The zero-order valence-corrected chi connectivity index (χ0v) is 10.7. The van der Waals surface area contributed by atoms with Crippen LogP contribution >= 0.6 is 0 Å². The summed E-state index contributed by atoms with van der Waals surface area (Å²) in [7, 11) is 0. The van der Waals surface area contributed by atoms with Crippen molar-refractivity contribution in [1.29, 1.82) is 5.26 Å². The van der Waals surface area contributed by atoms with E-state index in [1.54, 1.807) is 0 Å². The Balaban J connectivity index is 2.63. The van der Waals surface area contributed by atoms with Gasteiger partial charge < -0.3 is 14.6 Å². The lowest BCUT2D eigenvalue weighted by Crippen LogP contribution is -2.03. The van der Waals surface area contributed by atoms with Gasteiger partial charge in [-0.25, -0.2) is 0 Å². The van der Waals surface area contributed by atoms with Gasteiger partial charge in [0.2, 0.25) is 0 Å². The van der Waals surface area contributed by atoms with E-state index in [0.717, 1.165) is 18.4 Å². The molecule has 0 amide bonds. The van der Waals surface area contributed by atoms with Gasteiger partial charge in [-0.05, 0) is 25.8 Å². The largest absolute Gasteiger partial charge is 0.490 e. The van der Waals surface area contributed by atoms with Gasteiger partial charge in [0.05, 0.1) is 25.9 Å². The second kappa shape index (κ2) is 8.37. The van der Waals surface area contributed by atoms with Crippen molar-refractivity contribution in [3.8, 4) is 17.6 Å². The van der Waals surface area contributed by atoms with Crippen LogP contribution in [0.2, 0.25) is 0 Å². The molecular weight excluding hydrogens is 230 g/mol. The number of nitriles is 1. The van der Waals surface area contributed by atoms with E-state index < -0.39 is 0 Å². The molecular formula is C14H19NO3. The van der Waals surface area contributed by atoms with Gasteiger partial charge in [-0.15, -0.1) is 0 Å². The summed E-state index contributed by atoms with van der Waals surface area (Å²) in [6, 6.07) is 7.57. The first-order valence-corrected chi connectivity index (χ1v) is 6.18. The zero-order valence-electron chi connectivity index (χ0n) is 10.7. The first-order valence-electron chi connectivity index (χ1n) is 6.18. The zero-order chi connectivity index (χ0) is 13.2. The van der Waals surface area contributed by atoms with Gasteiger partial charge in [-0.3, -0.25) is 0 Å². The Hall–Kier alpha value is -1.73. The standard InChI is InChI=1S/C14H19NO3/c1-2-17-13-8-6-7-12(11-16)14(13)18-10-5-3-4-9-15/h6-8,16H,2-5,10-11H2,1H3. The molecule has 0 saturated heterocycles. The number of hydrogen-bond donors (Lipinski definition) is 1. The Bertz CT molecular complexity index is 399. The molecule has 1 aromatic rings. The number of rotatable bonds is 8. The molecule has 98 valence electrons. The summed E-state index contributed by atoms with van der Waals surface area (Å²) in [5.74, 6) is 1.27. The highest BCUT2D eigenvalue weighted by molar-refractivity contribution is 5.46. The Morgan fingerprint density at radius 2 is 2.11 bits per heavy atom. The lowest BCUT2D eigenvalue weighted by molar-refractivity contribution is 0.245. The quantitative estimate of drug-likeness (QED) is 0.719. The van der Waals surface area contributed by atoms with Crippen LogP contribution < -0.4 is 9.47 Å². The van der Waals surface area contributed by atoms with E-state index in [-0.39, 0.29) is 6.61 Å². The van der Waals surface area contributed by atoms with Crippen LogP contribution in [0, 0.1) is 11.3 Å². The maximum absolute atomic E-state index is 9.27. The fourth-order valence-corrected chi connectivity index (χ4v) is 1.60. The summed E-state index contributed by atoms with van der Waals surface area (Å²) < 4.78 is 11.1. The van der Waals surface area contributed by atoms with Gasteiger partial charge in [-0.1, -0.05) is 12.1 Å². The van der Waals surface area contributed by atoms with Crippen molar-refractivity contribution in [2.75, 3.05) is 13.2 Å². The molecule has 0 aliphatic heterocycles. The van der Waals surface area contributed by atoms with Crippen LogP contribution in [0.5, 0.6) is 11.5 Å². The number of ether oxygens (including phenoxy) is 2. The monoisotopic (exact) mass is 249 g/mol. The minimum Gasteiger partial charge on any atom is -0.490 e. The summed E-state index contributed by atoms with van der Waals surface area (Å²) >= 11 is 0. The maximum Gasteiger partial charge on any atom is 0.166 e. The number of nitrogens with zero attached hydrogens (tertiary/aromatic N) is 1. The van der Waals surface area contributed by atoms with E-state index in [4.69, 9.17) is 14.7 Å². The fraction of sp³-hybridized carbons (Fsp3) is 0.500. The van der Waals surface area contributed by atoms with Gasteiger partial charge in [0, 0.05) is 12.0 Å². The summed E-state index contributed by atoms with van der Waals surface area (Å²) in [4.78, 5) is 0. The number of unbranched alkanes of at least 4 members (excludes halogenated alkanes) is 2. The van der Waals surface area contributed by atoms with Crippen LogP contribution in [0.15, 0.2) is 18.2 Å². The fourth-order valence-electron chi connectivity index (χ4n) is 1.60. The van der Waals surface area contributed by atoms with Crippen LogP contribution in [0.1, 0.15) is 31.7 Å². The predicted molar refractivity (Wildman–Crippen MR) is 68.5 cm³/mol. The summed E-state index contributed by atoms with van der Waals surface area (Å²) in [6.45, 7) is 2.91.